The number of hydrogen-bond donors (Lipinski definition) is 5. The lowest BCUT2D eigenvalue weighted by molar-refractivity contribution is -0.154. The zero-order valence-electron chi connectivity index (χ0n) is 20.2. The largest absolute Gasteiger partial charge is 0.322 e. The van der Waals surface area contributed by atoms with Gasteiger partial charge in [-0.3, -0.25) is 25.0 Å². The number of hydrogen-bond acceptors (Lipinski definition) is 7. The average molecular weight is 491 g/mol. The predicted molar refractivity (Wildman–Crippen MR) is 135 cm³/mol. The van der Waals surface area contributed by atoms with Crippen LogP contribution >= 0.6 is 11.8 Å². The third-order valence-corrected chi connectivity index (χ3v) is 7.65. The molecule has 2 rings (SSSR count). The molecule has 7 N–H and O–H groups in total. The van der Waals surface area contributed by atoms with E-state index in [1.54, 1.807) is 30.2 Å². The molecule has 1 aromatic carbocycles. The highest BCUT2D eigenvalue weighted by Gasteiger charge is 2.56. The first kappa shape index (κ1) is 28.0. The standard InChI is InChI=1S/C25H38N4O4S/c1-16(2)15-20(23(31)28-27)21(24(32)29-33)25(22(30)17(3)26,19-10-13-34-14-11-19)12-9-18-7-5-4-6-8-18/h4-9,12,16-17,19-21,33H,10-11,13-15,26-27H2,1-3H3,(H,28,31)(H,29,32)/b12-9+/t17-,20+,21+,25?/m1/s1. The maximum atomic E-state index is 14.0. The van der Waals surface area contributed by atoms with E-state index in [1.807, 2.05) is 50.3 Å². The zero-order valence-corrected chi connectivity index (χ0v) is 21.0. The Bertz CT molecular complexity index is 856. The number of amides is 2. The molecule has 1 fully saturated rings. The van der Waals surface area contributed by atoms with Crippen molar-refractivity contribution >= 4 is 35.4 Å². The van der Waals surface area contributed by atoms with E-state index in [2.05, 4.69) is 5.43 Å². The maximum Gasteiger partial charge on any atom is 0.248 e. The van der Waals surface area contributed by atoms with Gasteiger partial charge in [-0.15, -0.1) is 0 Å². The quantitative estimate of drug-likeness (QED) is 0.139. The van der Waals surface area contributed by atoms with Crippen molar-refractivity contribution in [2.24, 2.45) is 40.7 Å². The molecule has 1 aliphatic heterocycles. The van der Waals surface area contributed by atoms with Crippen LogP contribution in [0.4, 0.5) is 0 Å². The van der Waals surface area contributed by atoms with E-state index in [1.165, 1.54) is 0 Å². The number of nitrogens with one attached hydrogen (secondary N) is 2. The number of carbonyl (C=O) groups excluding carboxylic acids is 3. The van der Waals surface area contributed by atoms with E-state index in [0.29, 0.717) is 19.3 Å². The van der Waals surface area contributed by atoms with Crippen molar-refractivity contribution in [2.75, 3.05) is 11.5 Å². The van der Waals surface area contributed by atoms with Crippen molar-refractivity contribution in [3.8, 4) is 0 Å². The van der Waals surface area contributed by atoms with Gasteiger partial charge in [0.05, 0.1) is 23.3 Å². The third-order valence-electron chi connectivity index (χ3n) is 6.60. The number of thioether (sulfide) groups is 1. The minimum absolute atomic E-state index is 0.0272. The van der Waals surface area contributed by atoms with Gasteiger partial charge in [-0.05, 0) is 55.1 Å². The van der Waals surface area contributed by atoms with Crippen LogP contribution in [0.15, 0.2) is 36.4 Å². The van der Waals surface area contributed by atoms with Gasteiger partial charge in [-0.1, -0.05) is 56.3 Å². The number of hydroxylamine groups is 1. The topological polar surface area (TPSA) is 148 Å². The summed E-state index contributed by atoms with van der Waals surface area (Å²) in [6.45, 7) is 5.45. The summed E-state index contributed by atoms with van der Waals surface area (Å²) in [5, 5.41) is 9.78. The smallest absolute Gasteiger partial charge is 0.248 e. The summed E-state index contributed by atoms with van der Waals surface area (Å²) < 4.78 is 0. The highest BCUT2D eigenvalue weighted by molar-refractivity contribution is 7.99. The lowest BCUT2D eigenvalue weighted by Gasteiger charge is -2.47. The van der Waals surface area contributed by atoms with E-state index < -0.39 is 35.1 Å². The highest BCUT2D eigenvalue weighted by Crippen LogP contribution is 2.50. The summed E-state index contributed by atoms with van der Waals surface area (Å²) >= 11 is 1.79. The molecule has 2 amide bonds. The number of carbonyl (C=O) groups is 3. The molecule has 8 nitrogen and oxygen atoms in total. The molecule has 1 aromatic rings. The van der Waals surface area contributed by atoms with E-state index in [-0.39, 0.29) is 17.6 Å². The molecule has 0 aliphatic carbocycles. The number of ketones is 1. The molecule has 4 atom stereocenters. The summed E-state index contributed by atoms with van der Waals surface area (Å²) in [6, 6.07) is 8.56. The summed E-state index contributed by atoms with van der Waals surface area (Å²) in [5.74, 6) is 3.13. The summed E-state index contributed by atoms with van der Waals surface area (Å²) in [6.07, 6.45) is 5.22. The van der Waals surface area contributed by atoms with Crippen LogP contribution in [0.5, 0.6) is 0 Å². The SMILES string of the molecule is CC(C)C[C@H](C(=O)NN)[C@@H](C(=O)NO)C(/C=C/c1ccccc1)(C(=O)[C@@H](C)N)C1CCSCC1. The molecule has 1 aliphatic rings. The van der Waals surface area contributed by atoms with Crippen LogP contribution in [0, 0.1) is 29.1 Å². The van der Waals surface area contributed by atoms with Crippen LogP contribution in [0.25, 0.3) is 6.08 Å². The number of hydrazine groups is 1. The second-order valence-corrected chi connectivity index (χ2v) is 10.6. The first-order valence-electron chi connectivity index (χ1n) is 11.7. The molecular formula is C25H38N4O4S. The number of rotatable bonds is 11. The average Bonchev–Trinajstić information content (AvgIpc) is 2.85. The zero-order chi connectivity index (χ0) is 25.3. The van der Waals surface area contributed by atoms with Crippen LogP contribution < -0.4 is 22.5 Å². The van der Waals surface area contributed by atoms with Gasteiger partial charge in [0.2, 0.25) is 11.8 Å². The predicted octanol–water partition coefficient (Wildman–Crippen LogP) is 2.52. The lowest BCUT2D eigenvalue weighted by Crippen LogP contribution is -2.59. The van der Waals surface area contributed by atoms with Gasteiger partial charge in [0, 0.05) is 0 Å². The third kappa shape index (κ3) is 6.47. The summed E-state index contributed by atoms with van der Waals surface area (Å²) in [4.78, 5) is 40.4. The van der Waals surface area contributed by atoms with Crippen molar-refractivity contribution in [1.29, 1.82) is 0 Å². The van der Waals surface area contributed by atoms with E-state index in [0.717, 1.165) is 17.1 Å². The molecule has 1 saturated heterocycles. The Hall–Kier alpha value is -2.20. The summed E-state index contributed by atoms with van der Waals surface area (Å²) in [7, 11) is 0. The Balaban J connectivity index is 2.84. The van der Waals surface area contributed by atoms with E-state index in [9.17, 15) is 19.6 Å². The van der Waals surface area contributed by atoms with E-state index >= 15 is 0 Å². The minimum atomic E-state index is -1.41. The normalized spacial score (nSPS) is 19.3. The van der Waals surface area contributed by atoms with Crippen LogP contribution in [0.1, 0.15) is 45.6 Å². The number of allylic oxidation sites excluding steroid dienone is 1. The van der Waals surface area contributed by atoms with Crippen molar-refractivity contribution in [3.63, 3.8) is 0 Å². The number of Topliss-reactive ketones (excluding diaryl/α,β-unsaturated/α-hetero) is 1. The van der Waals surface area contributed by atoms with Crippen LogP contribution in [0.3, 0.4) is 0 Å². The maximum absolute atomic E-state index is 14.0. The minimum Gasteiger partial charge on any atom is -0.322 e. The molecule has 0 saturated carbocycles. The Labute approximate surface area is 206 Å². The van der Waals surface area contributed by atoms with E-state index in [4.69, 9.17) is 11.6 Å². The van der Waals surface area contributed by atoms with Gasteiger partial charge in [-0.2, -0.15) is 11.8 Å². The Morgan fingerprint density at radius 3 is 2.26 bits per heavy atom. The van der Waals surface area contributed by atoms with Gasteiger partial charge in [0.1, 0.15) is 0 Å². The fourth-order valence-electron chi connectivity index (χ4n) is 5.11. The van der Waals surface area contributed by atoms with Crippen molar-refractivity contribution in [1.82, 2.24) is 10.9 Å². The Morgan fingerprint density at radius 1 is 1.15 bits per heavy atom. The second-order valence-electron chi connectivity index (χ2n) is 9.41. The fourth-order valence-corrected chi connectivity index (χ4v) is 6.22. The molecule has 0 bridgehead atoms. The molecule has 34 heavy (non-hydrogen) atoms. The molecular weight excluding hydrogens is 452 g/mol. The van der Waals surface area contributed by atoms with Crippen molar-refractivity contribution in [3.05, 3.63) is 42.0 Å². The number of benzene rings is 1. The monoisotopic (exact) mass is 490 g/mol. The van der Waals surface area contributed by atoms with Gasteiger partial charge < -0.3 is 5.73 Å². The lowest BCUT2D eigenvalue weighted by atomic mass is 9.56. The Morgan fingerprint density at radius 2 is 1.76 bits per heavy atom. The van der Waals surface area contributed by atoms with Crippen LogP contribution in [-0.2, 0) is 14.4 Å². The molecule has 0 radical (unpaired) electrons. The second kappa shape index (κ2) is 13.0. The van der Waals surface area contributed by atoms with Gasteiger partial charge >= 0.3 is 0 Å². The first-order valence-corrected chi connectivity index (χ1v) is 12.9. The molecule has 188 valence electrons. The van der Waals surface area contributed by atoms with Crippen LogP contribution in [-0.4, -0.2) is 40.4 Å². The number of nitrogens with two attached hydrogens (primary N) is 2. The summed E-state index contributed by atoms with van der Waals surface area (Å²) in [5.41, 5.74) is 9.53. The Kier molecular flexibility index (Phi) is 10.8. The van der Waals surface area contributed by atoms with Gasteiger partial charge in [0.25, 0.3) is 0 Å². The molecule has 0 spiro atoms. The molecule has 1 heterocycles. The van der Waals surface area contributed by atoms with Crippen LogP contribution in [0.2, 0.25) is 0 Å². The van der Waals surface area contributed by atoms with Crippen molar-refractivity contribution < 1.29 is 19.6 Å². The van der Waals surface area contributed by atoms with Gasteiger partial charge in [0.15, 0.2) is 5.78 Å². The first-order chi connectivity index (χ1) is 16.2. The molecule has 9 heteroatoms. The molecule has 0 aromatic heterocycles. The van der Waals surface area contributed by atoms with Gasteiger partial charge in [-0.25, -0.2) is 11.3 Å². The highest BCUT2D eigenvalue weighted by atomic mass is 32.2. The van der Waals surface area contributed by atoms with Crippen molar-refractivity contribution in [2.45, 2.75) is 46.1 Å². The fraction of sp³-hybridized carbons (Fsp3) is 0.560. The molecule has 1 unspecified atom stereocenters.